The van der Waals surface area contributed by atoms with Gasteiger partial charge in [-0.25, -0.2) is 0 Å². The van der Waals surface area contributed by atoms with Gasteiger partial charge < -0.3 is 9.88 Å². The summed E-state index contributed by atoms with van der Waals surface area (Å²) in [5, 5.41) is 11.9. The molecule has 1 aromatic carbocycles. The van der Waals surface area contributed by atoms with Crippen molar-refractivity contribution >= 4 is 5.91 Å². The Kier molecular flexibility index (Phi) is 4.68. The van der Waals surface area contributed by atoms with Gasteiger partial charge in [0.05, 0.1) is 5.56 Å². The fraction of sp³-hybridized carbons (Fsp3) is 0.368. The standard InChI is InChI=1S/C19H22N4O/c1-14(23-8-7-16-5-3-4-6-17(16)13-23)11-21-19(24)18-9-15(10-20)12-22(18)2/h3-6,9,12,14H,7-8,11,13H2,1-2H3,(H,21,24). The predicted molar refractivity (Wildman–Crippen MR) is 92.5 cm³/mol. The third-order valence-electron chi connectivity index (χ3n) is 4.71. The number of carbonyl (C=O) groups excluding carboxylic acids is 1. The molecule has 0 aliphatic carbocycles. The van der Waals surface area contributed by atoms with Crippen LogP contribution < -0.4 is 5.32 Å². The van der Waals surface area contributed by atoms with Crippen molar-refractivity contribution in [3.05, 3.63) is 58.9 Å². The number of fused-ring (bicyclic) bond motifs is 1. The second-order valence-electron chi connectivity index (χ2n) is 6.38. The molecule has 0 bridgehead atoms. The summed E-state index contributed by atoms with van der Waals surface area (Å²) in [5.74, 6) is -0.136. The summed E-state index contributed by atoms with van der Waals surface area (Å²) in [5.41, 5.74) is 3.83. The monoisotopic (exact) mass is 322 g/mol. The molecule has 5 heteroatoms. The number of carbonyl (C=O) groups is 1. The molecule has 1 aliphatic rings. The maximum absolute atomic E-state index is 12.3. The minimum atomic E-state index is -0.136. The molecule has 5 nitrogen and oxygen atoms in total. The average molecular weight is 322 g/mol. The van der Waals surface area contributed by atoms with Crippen LogP contribution >= 0.6 is 0 Å². The highest BCUT2D eigenvalue weighted by molar-refractivity contribution is 5.93. The van der Waals surface area contributed by atoms with Crippen molar-refractivity contribution in [2.45, 2.75) is 25.9 Å². The van der Waals surface area contributed by atoms with E-state index in [1.165, 1.54) is 11.1 Å². The molecule has 0 spiro atoms. The maximum atomic E-state index is 12.3. The summed E-state index contributed by atoms with van der Waals surface area (Å²) in [7, 11) is 1.78. The van der Waals surface area contributed by atoms with Crippen LogP contribution in [-0.4, -0.2) is 34.5 Å². The van der Waals surface area contributed by atoms with Crippen molar-refractivity contribution in [1.29, 1.82) is 5.26 Å². The van der Waals surface area contributed by atoms with Gasteiger partial charge in [-0.1, -0.05) is 24.3 Å². The Hall–Kier alpha value is -2.58. The van der Waals surface area contributed by atoms with Crippen molar-refractivity contribution in [3.63, 3.8) is 0 Å². The first kappa shape index (κ1) is 16.3. The molecule has 2 heterocycles. The van der Waals surface area contributed by atoms with Gasteiger partial charge in [0, 0.05) is 38.9 Å². The molecule has 24 heavy (non-hydrogen) atoms. The number of nitriles is 1. The molecule has 1 N–H and O–H groups in total. The molecule has 0 fully saturated rings. The van der Waals surface area contributed by atoms with Gasteiger partial charge >= 0.3 is 0 Å². The van der Waals surface area contributed by atoms with Gasteiger partial charge in [-0.3, -0.25) is 9.69 Å². The lowest BCUT2D eigenvalue weighted by atomic mass is 9.99. The summed E-state index contributed by atoms with van der Waals surface area (Å²) >= 11 is 0. The Bertz CT molecular complexity index is 787. The Morgan fingerprint density at radius 3 is 2.83 bits per heavy atom. The first-order valence-corrected chi connectivity index (χ1v) is 8.24. The first-order chi connectivity index (χ1) is 11.6. The van der Waals surface area contributed by atoms with Gasteiger partial charge in [-0.05, 0) is 30.5 Å². The molecule has 1 amide bonds. The molecule has 1 atom stereocenters. The Labute approximate surface area is 142 Å². The normalized spacial score (nSPS) is 15.4. The summed E-state index contributed by atoms with van der Waals surface area (Å²) in [6.07, 6.45) is 2.72. The number of amides is 1. The van der Waals surface area contributed by atoms with Gasteiger partial charge in [0.2, 0.25) is 0 Å². The van der Waals surface area contributed by atoms with E-state index in [1.807, 2.05) is 0 Å². The molecule has 2 aromatic rings. The molecule has 1 aliphatic heterocycles. The average Bonchev–Trinajstić information content (AvgIpc) is 3.00. The van der Waals surface area contributed by atoms with E-state index in [0.717, 1.165) is 19.5 Å². The minimum absolute atomic E-state index is 0.136. The Morgan fingerprint density at radius 1 is 1.38 bits per heavy atom. The highest BCUT2D eigenvalue weighted by Crippen LogP contribution is 2.20. The lowest BCUT2D eigenvalue weighted by Crippen LogP contribution is -2.44. The smallest absolute Gasteiger partial charge is 0.267 e. The zero-order chi connectivity index (χ0) is 17.1. The first-order valence-electron chi connectivity index (χ1n) is 8.24. The number of nitrogens with one attached hydrogen (secondary N) is 1. The maximum Gasteiger partial charge on any atom is 0.267 e. The highest BCUT2D eigenvalue weighted by atomic mass is 16.1. The second kappa shape index (κ2) is 6.90. The van der Waals surface area contributed by atoms with Crippen LogP contribution in [0.5, 0.6) is 0 Å². The van der Waals surface area contributed by atoms with Crippen LogP contribution in [0.4, 0.5) is 0 Å². The largest absolute Gasteiger partial charge is 0.349 e. The van der Waals surface area contributed by atoms with E-state index >= 15 is 0 Å². The van der Waals surface area contributed by atoms with Crippen LogP contribution in [0.25, 0.3) is 0 Å². The van der Waals surface area contributed by atoms with E-state index in [4.69, 9.17) is 5.26 Å². The third-order valence-corrected chi connectivity index (χ3v) is 4.71. The van der Waals surface area contributed by atoms with Crippen molar-refractivity contribution in [3.8, 4) is 6.07 Å². The molecule has 3 rings (SSSR count). The lowest BCUT2D eigenvalue weighted by Gasteiger charge is -2.33. The lowest BCUT2D eigenvalue weighted by molar-refractivity contribution is 0.0924. The highest BCUT2D eigenvalue weighted by Gasteiger charge is 2.21. The van der Waals surface area contributed by atoms with E-state index in [2.05, 4.69) is 47.5 Å². The van der Waals surface area contributed by atoms with Crippen LogP contribution in [0.2, 0.25) is 0 Å². The molecule has 124 valence electrons. The number of hydrogen-bond acceptors (Lipinski definition) is 3. The number of benzene rings is 1. The fourth-order valence-corrected chi connectivity index (χ4v) is 3.21. The number of aromatic nitrogens is 1. The second-order valence-corrected chi connectivity index (χ2v) is 6.38. The zero-order valence-corrected chi connectivity index (χ0v) is 14.1. The van der Waals surface area contributed by atoms with Crippen LogP contribution in [0.15, 0.2) is 36.5 Å². The van der Waals surface area contributed by atoms with Crippen molar-refractivity contribution in [2.24, 2.45) is 7.05 Å². The van der Waals surface area contributed by atoms with Crippen LogP contribution in [0, 0.1) is 11.3 Å². The Morgan fingerprint density at radius 2 is 2.12 bits per heavy atom. The topological polar surface area (TPSA) is 61.1 Å². The van der Waals surface area contributed by atoms with E-state index in [9.17, 15) is 4.79 Å². The number of hydrogen-bond donors (Lipinski definition) is 1. The van der Waals surface area contributed by atoms with Crippen molar-refractivity contribution in [2.75, 3.05) is 13.1 Å². The van der Waals surface area contributed by atoms with Gasteiger partial charge in [0.15, 0.2) is 0 Å². The van der Waals surface area contributed by atoms with E-state index in [-0.39, 0.29) is 11.9 Å². The summed E-state index contributed by atoms with van der Waals surface area (Å²) in [6.45, 7) is 4.67. The summed E-state index contributed by atoms with van der Waals surface area (Å²) in [4.78, 5) is 14.7. The van der Waals surface area contributed by atoms with Crippen molar-refractivity contribution < 1.29 is 4.79 Å². The van der Waals surface area contributed by atoms with E-state index < -0.39 is 0 Å². The third kappa shape index (κ3) is 3.34. The molecule has 0 saturated heterocycles. The van der Waals surface area contributed by atoms with Gasteiger partial charge in [-0.2, -0.15) is 5.26 Å². The van der Waals surface area contributed by atoms with Gasteiger partial charge in [-0.15, -0.1) is 0 Å². The SMILES string of the molecule is CC(CNC(=O)c1cc(C#N)cn1C)N1CCc2ccccc2C1. The number of nitrogens with zero attached hydrogens (tertiary/aromatic N) is 3. The fourth-order valence-electron chi connectivity index (χ4n) is 3.21. The Balaban J connectivity index is 1.58. The molecule has 0 saturated carbocycles. The van der Waals surface area contributed by atoms with Crippen LogP contribution in [-0.2, 0) is 20.0 Å². The van der Waals surface area contributed by atoms with Gasteiger partial charge in [0.25, 0.3) is 5.91 Å². The molecular formula is C19H22N4O. The molecule has 1 unspecified atom stereocenters. The minimum Gasteiger partial charge on any atom is -0.349 e. The number of rotatable bonds is 4. The number of aryl methyl sites for hydroxylation is 1. The molecule has 0 radical (unpaired) electrons. The molecule has 1 aromatic heterocycles. The summed E-state index contributed by atoms with van der Waals surface area (Å²) in [6, 6.07) is 12.5. The van der Waals surface area contributed by atoms with E-state index in [0.29, 0.717) is 17.8 Å². The van der Waals surface area contributed by atoms with Crippen LogP contribution in [0.3, 0.4) is 0 Å². The quantitative estimate of drug-likeness (QED) is 0.937. The molecular weight excluding hydrogens is 300 g/mol. The zero-order valence-electron chi connectivity index (χ0n) is 14.1. The van der Waals surface area contributed by atoms with Gasteiger partial charge in [0.1, 0.15) is 11.8 Å². The van der Waals surface area contributed by atoms with E-state index in [1.54, 1.807) is 23.9 Å². The van der Waals surface area contributed by atoms with Crippen LogP contribution in [0.1, 0.15) is 34.1 Å². The van der Waals surface area contributed by atoms with Crippen molar-refractivity contribution in [1.82, 2.24) is 14.8 Å². The summed E-state index contributed by atoms with van der Waals surface area (Å²) < 4.78 is 1.69. The predicted octanol–water partition coefficient (Wildman–Crippen LogP) is 2.07.